The Morgan fingerprint density at radius 2 is 1.89 bits per heavy atom. The van der Waals surface area contributed by atoms with Gasteiger partial charge in [0.25, 0.3) is 0 Å². The van der Waals surface area contributed by atoms with Crippen molar-refractivity contribution < 1.29 is 0 Å². The SMILES string of the molecule is c1ccc(Cc2nc(C34C[C@H]5C[C@@H](C3)CC(n3cncn3)(C5)C4)n[nH]2)cc1. The molecule has 4 fully saturated rings. The van der Waals surface area contributed by atoms with Crippen molar-refractivity contribution in [1.29, 1.82) is 0 Å². The van der Waals surface area contributed by atoms with Crippen LogP contribution in [0.4, 0.5) is 0 Å². The summed E-state index contributed by atoms with van der Waals surface area (Å²) in [6.07, 6.45) is 11.8. The highest BCUT2D eigenvalue weighted by Crippen LogP contribution is 2.64. The molecule has 4 aliphatic carbocycles. The van der Waals surface area contributed by atoms with Gasteiger partial charge in [0, 0.05) is 11.8 Å². The molecule has 4 aliphatic rings. The van der Waals surface area contributed by atoms with Crippen LogP contribution in [0.2, 0.25) is 0 Å². The molecule has 138 valence electrons. The van der Waals surface area contributed by atoms with Gasteiger partial charge in [-0.25, -0.2) is 14.6 Å². The fourth-order valence-electron chi connectivity index (χ4n) is 6.60. The van der Waals surface area contributed by atoms with Crippen LogP contribution in [0.3, 0.4) is 0 Å². The van der Waals surface area contributed by atoms with E-state index in [0.717, 1.165) is 36.3 Å². The summed E-state index contributed by atoms with van der Waals surface area (Å²) >= 11 is 0. The second kappa shape index (κ2) is 5.50. The molecule has 0 aliphatic heterocycles. The number of nitrogens with one attached hydrogen (secondary N) is 1. The molecule has 1 aromatic carbocycles. The van der Waals surface area contributed by atoms with E-state index in [1.165, 1.54) is 37.7 Å². The Kier molecular flexibility index (Phi) is 3.17. The first-order valence-corrected chi connectivity index (χ1v) is 10.0. The van der Waals surface area contributed by atoms with Crippen LogP contribution in [0.5, 0.6) is 0 Å². The Morgan fingerprint density at radius 1 is 1.07 bits per heavy atom. The summed E-state index contributed by atoms with van der Waals surface area (Å²) in [5, 5.41) is 12.5. The Hall–Kier alpha value is -2.50. The van der Waals surface area contributed by atoms with Gasteiger partial charge in [0.1, 0.15) is 18.5 Å². The number of hydrogen-bond acceptors (Lipinski definition) is 4. The number of aromatic nitrogens is 6. The molecule has 3 aromatic rings. The fourth-order valence-corrected chi connectivity index (χ4v) is 6.60. The zero-order chi connectivity index (χ0) is 17.9. The minimum absolute atomic E-state index is 0.0987. The Labute approximate surface area is 158 Å². The average Bonchev–Trinajstić information content (AvgIpc) is 3.34. The molecular weight excluding hydrogens is 336 g/mol. The van der Waals surface area contributed by atoms with Gasteiger partial charge in [-0.15, -0.1) is 0 Å². The second-order valence-corrected chi connectivity index (χ2v) is 9.07. The van der Waals surface area contributed by atoms with E-state index < -0.39 is 0 Å². The predicted octanol–water partition coefficient (Wildman–Crippen LogP) is 3.23. The summed E-state index contributed by atoms with van der Waals surface area (Å²) in [5.41, 5.74) is 1.48. The molecule has 4 saturated carbocycles. The summed E-state index contributed by atoms with van der Waals surface area (Å²) < 4.78 is 2.15. The van der Waals surface area contributed by atoms with Crippen molar-refractivity contribution in [3.05, 3.63) is 60.2 Å². The molecule has 7 rings (SSSR count). The lowest BCUT2D eigenvalue weighted by Crippen LogP contribution is -2.58. The molecule has 2 aromatic heterocycles. The predicted molar refractivity (Wildman–Crippen MR) is 100.0 cm³/mol. The van der Waals surface area contributed by atoms with E-state index in [-0.39, 0.29) is 11.0 Å². The molecular formula is C21H24N6. The lowest BCUT2D eigenvalue weighted by Gasteiger charge is -2.60. The summed E-state index contributed by atoms with van der Waals surface area (Å²) in [7, 11) is 0. The number of rotatable bonds is 4. The van der Waals surface area contributed by atoms with Gasteiger partial charge in [-0.05, 0) is 55.9 Å². The molecule has 0 radical (unpaired) electrons. The molecule has 4 atom stereocenters. The molecule has 0 spiro atoms. The second-order valence-electron chi connectivity index (χ2n) is 9.07. The van der Waals surface area contributed by atoms with E-state index in [1.54, 1.807) is 6.33 Å². The molecule has 2 heterocycles. The normalized spacial score (nSPS) is 34.2. The quantitative estimate of drug-likeness (QED) is 0.775. The van der Waals surface area contributed by atoms with E-state index in [1.807, 2.05) is 12.4 Å². The summed E-state index contributed by atoms with van der Waals surface area (Å²) in [6.45, 7) is 0. The topological polar surface area (TPSA) is 72.3 Å². The van der Waals surface area contributed by atoms with Crippen molar-refractivity contribution in [3.63, 3.8) is 0 Å². The van der Waals surface area contributed by atoms with E-state index >= 15 is 0 Å². The van der Waals surface area contributed by atoms with E-state index in [9.17, 15) is 0 Å². The standard InChI is InChI=1S/C21H24N6/c1-2-4-15(5-3-1)7-18-24-19(26-25-18)20-8-16-6-17(9-20)11-21(10-16,12-20)27-14-22-13-23-27/h1-5,13-14,16-17H,6-12H2,(H,24,25,26)/t16-,17+,20?,21?. The zero-order valence-corrected chi connectivity index (χ0v) is 15.4. The van der Waals surface area contributed by atoms with Crippen LogP contribution < -0.4 is 0 Å². The van der Waals surface area contributed by atoms with Crippen LogP contribution in [0, 0.1) is 11.8 Å². The minimum Gasteiger partial charge on any atom is -0.263 e. The molecule has 1 N–H and O–H groups in total. The highest BCUT2D eigenvalue weighted by Gasteiger charge is 2.60. The average molecular weight is 360 g/mol. The van der Waals surface area contributed by atoms with Crippen LogP contribution in [-0.4, -0.2) is 29.9 Å². The Morgan fingerprint density at radius 3 is 2.63 bits per heavy atom. The van der Waals surface area contributed by atoms with Crippen molar-refractivity contribution in [2.75, 3.05) is 0 Å². The van der Waals surface area contributed by atoms with Crippen molar-refractivity contribution in [2.24, 2.45) is 11.8 Å². The maximum Gasteiger partial charge on any atom is 0.156 e. The Bertz CT molecular complexity index is 930. The van der Waals surface area contributed by atoms with Gasteiger partial charge in [0.2, 0.25) is 0 Å². The minimum atomic E-state index is 0.0987. The molecule has 0 amide bonds. The van der Waals surface area contributed by atoms with Gasteiger partial charge in [-0.3, -0.25) is 5.10 Å². The fraction of sp³-hybridized carbons (Fsp3) is 0.524. The van der Waals surface area contributed by atoms with Crippen molar-refractivity contribution in [2.45, 2.75) is 55.9 Å². The smallest absolute Gasteiger partial charge is 0.156 e. The molecule has 6 nitrogen and oxygen atoms in total. The van der Waals surface area contributed by atoms with Gasteiger partial charge in [0.05, 0.1) is 5.54 Å². The van der Waals surface area contributed by atoms with Gasteiger partial charge in [0.15, 0.2) is 5.82 Å². The van der Waals surface area contributed by atoms with Gasteiger partial charge < -0.3 is 0 Å². The van der Waals surface area contributed by atoms with Crippen LogP contribution in [-0.2, 0) is 17.4 Å². The zero-order valence-electron chi connectivity index (χ0n) is 15.4. The van der Waals surface area contributed by atoms with E-state index in [4.69, 9.17) is 10.1 Å². The number of benzene rings is 1. The van der Waals surface area contributed by atoms with Crippen LogP contribution in [0.25, 0.3) is 0 Å². The maximum atomic E-state index is 5.00. The van der Waals surface area contributed by atoms with Crippen LogP contribution in [0.15, 0.2) is 43.0 Å². The van der Waals surface area contributed by atoms with Gasteiger partial charge in [-0.1, -0.05) is 30.3 Å². The van der Waals surface area contributed by atoms with Crippen LogP contribution in [0.1, 0.15) is 55.7 Å². The largest absolute Gasteiger partial charge is 0.263 e. The molecule has 27 heavy (non-hydrogen) atoms. The van der Waals surface area contributed by atoms with Gasteiger partial charge >= 0.3 is 0 Å². The first kappa shape index (κ1) is 15.5. The lowest BCUT2D eigenvalue weighted by atomic mass is 9.46. The Balaban J connectivity index is 1.34. The number of hydrogen-bond donors (Lipinski definition) is 1. The van der Waals surface area contributed by atoms with Crippen molar-refractivity contribution in [3.8, 4) is 0 Å². The third-order valence-electron chi connectivity index (χ3n) is 7.16. The van der Waals surface area contributed by atoms with Gasteiger partial charge in [-0.2, -0.15) is 10.2 Å². The van der Waals surface area contributed by atoms with Crippen LogP contribution >= 0.6 is 0 Å². The monoisotopic (exact) mass is 360 g/mol. The number of nitrogens with zero attached hydrogens (tertiary/aromatic N) is 5. The highest BCUT2D eigenvalue weighted by atomic mass is 15.4. The number of aromatic amines is 1. The summed E-state index contributed by atoms with van der Waals surface area (Å²) in [4.78, 5) is 9.24. The van der Waals surface area contributed by atoms with Crippen molar-refractivity contribution in [1.82, 2.24) is 29.9 Å². The first-order chi connectivity index (χ1) is 13.2. The van der Waals surface area contributed by atoms with Crippen molar-refractivity contribution >= 4 is 0 Å². The third-order valence-corrected chi connectivity index (χ3v) is 7.16. The lowest BCUT2D eigenvalue weighted by molar-refractivity contribution is -0.0715. The summed E-state index contributed by atoms with van der Waals surface area (Å²) in [5.74, 6) is 3.52. The number of H-pyrrole nitrogens is 1. The third kappa shape index (κ3) is 2.38. The van der Waals surface area contributed by atoms with E-state index in [0.29, 0.717) is 0 Å². The molecule has 0 saturated heterocycles. The molecule has 6 heteroatoms. The summed E-state index contributed by atoms with van der Waals surface area (Å²) in [6, 6.07) is 10.5. The maximum absolute atomic E-state index is 5.00. The molecule has 4 bridgehead atoms. The highest BCUT2D eigenvalue weighted by molar-refractivity contribution is 5.23. The molecule has 2 unspecified atom stereocenters. The first-order valence-electron chi connectivity index (χ1n) is 10.0. The van der Waals surface area contributed by atoms with E-state index in [2.05, 4.69) is 44.1 Å².